The number of nitrogens with one attached hydrogen (secondary N) is 1. The zero-order chi connectivity index (χ0) is 11.3. The van der Waals surface area contributed by atoms with Crippen LogP contribution < -0.4 is 5.32 Å². The van der Waals surface area contributed by atoms with Crippen LogP contribution in [0.15, 0.2) is 10.5 Å². The van der Waals surface area contributed by atoms with E-state index in [1.807, 2.05) is 14.0 Å². The first kappa shape index (κ1) is 12.3. The van der Waals surface area contributed by atoms with E-state index in [0.717, 1.165) is 37.7 Å². The van der Waals surface area contributed by atoms with E-state index in [4.69, 9.17) is 4.42 Å². The lowest BCUT2D eigenvalue weighted by Crippen LogP contribution is -2.22. The summed E-state index contributed by atoms with van der Waals surface area (Å²) < 4.78 is 5.66. The molecule has 1 rings (SSSR count). The predicted octanol–water partition coefficient (Wildman–Crippen LogP) is 2.15. The normalized spacial score (nSPS) is 11.3. The van der Waals surface area contributed by atoms with Gasteiger partial charge in [-0.3, -0.25) is 4.90 Å². The minimum atomic E-state index is 0.805. The topological polar surface area (TPSA) is 28.4 Å². The summed E-state index contributed by atoms with van der Waals surface area (Å²) >= 11 is 0. The molecule has 1 aromatic heterocycles. The fourth-order valence-electron chi connectivity index (χ4n) is 1.69. The Morgan fingerprint density at radius 3 is 2.53 bits per heavy atom. The zero-order valence-corrected chi connectivity index (χ0v) is 10.3. The van der Waals surface area contributed by atoms with Crippen LogP contribution in [0.5, 0.6) is 0 Å². The van der Waals surface area contributed by atoms with Crippen molar-refractivity contribution < 1.29 is 4.42 Å². The van der Waals surface area contributed by atoms with Gasteiger partial charge >= 0.3 is 0 Å². The summed E-state index contributed by atoms with van der Waals surface area (Å²) in [7, 11) is 1.93. The molecule has 0 aromatic carbocycles. The molecule has 3 heteroatoms. The molecule has 0 saturated carbocycles. The average molecular weight is 210 g/mol. The van der Waals surface area contributed by atoms with Crippen molar-refractivity contribution in [1.82, 2.24) is 10.2 Å². The van der Waals surface area contributed by atoms with E-state index in [2.05, 4.69) is 30.1 Å². The highest BCUT2D eigenvalue weighted by Crippen LogP contribution is 2.16. The van der Waals surface area contributed by atoms with Gasteiger partial charge in [0.25, 0.3) is 0 Å². The lowest BCUT2D eigenvalue weighted by molar-refractivity contribution is 0.293. The van der Waals surface area contributed by atoms with Crippen molar-refractivity contribution in [1.29, 1.82) is 0 Å². The van der Waals surface area contributed by atoms with Crippen molar-refractivity contribution in [2.75, 3.05) is 20.1 Å². The molecule has 3 nitrogen and oxygen atoms in total. The number of furan rings is 1. The maximum absolute atomic E-state index is 5.66. The van der Waals surface area contributed by atoms with Crippen LogP contribution in [0.2, 0.25) is 0 Å². The third-order valence-electron chi connectivity index (χ3n) is 2.71. The van der Waals surface area contributed by atoms with Crippen LogP contribution in [-0.2, 0) is 13.1 Å². The number of hydrogen-bond acceptors (Lipinski definition) is 3. The van der Waals surface area contributed by atoms with Gasteiger partial charge in [0, 0.05) is 12.1 Å². The second-order valence-corrected chi connectivity index (χ2v) is 3.79. The predicted molar refractivity (Wildman–Crippen MR) is 62.8 cm³/mol. The van der Waals surface area contributed by atoms with Gasteiger partial charge in [0.1, 0.15) is 11.5 Å². The number of aryl methyl sites for hydroxylation is 1. The highest BCUT2D eigenvalue weighted by atomic mass is 16.3. The van der Waals surface area contributed by atoms with E-state index in [1.165, 1.54) is 5.56 Å². The SMILES string of the molecule is CCN(CC)Cc1cc(CNC)oc1C. The summed E-state index contributed by atoms with van der Waals surface area (Å²) in [5.41, 5.74) is 1.31. The molecule has 0 fully saturated rings. The molecule has 1 N–H and O–H groups in total. The van der Waals surface area contributed by atoms with E-state index in [-0.39, 0.29) is 0 Å². The molecule has 0 radical (unpaired) electrons. The molecule has 1 heterocycles. The molecule has 0 aliphatic rings. The third kappa shape index (κ3) is 3.36. The molecule has 0 unspecified atom stereocenters. The standard InChI is InChI=1S/C12H22N2O/c1-5-14(6-2)9-11-7-12(8-13-4)15-10(11)3/h7,13H,5-6,8-9H2,1-4H3. The van der Waals surface area contributed by atoms with Crippen LogP contribution in [0.25, 0.3) is 0 Å². The molecule has 0 saturated heterocycles. The van der Waals surface area contributed by atoms with E-state index >= 15 is 0 Å². The van der Waals surface area contributed by atoms with Crippen LogP contribution >= 0.6 is 0 Å². The smallest absolute Gasteiger partial charge is 0.118 e. The second-order valence-electron chi connectivity index (χ2n) is 3.79. The molecule has 0 aliphatic carbocycles. The highest BCUT2D eigenvalue weighted by Gasteiger charge is 2.09. The minimum Gasteiger partial charge on any atom is -0.465 e. The molecule has 0 atom stereocenters. The third-order valence-corrected chi connectivity index (χ3v) is 2.71. The van der Waals surface area contributed by atoms with Crippen LogP contribution in [0.1, 0.15) is 30.9 Å². The monoisotopic (exact) mass is 210 g/mol. The molecule has 0 bridgehead atoms. The van der Waals surface area contributed by atoms with Crippen molar-refractivity contribution in [2.24, 2.45) is 0 Å². The number of hydrogen-bond donors (Lipinski definition) is 1. The number of rotatable bonds is 6. The van der Waals surface area contributed by atoms with E-state index in [1.54, 1.807) is 0 Å². The second kappa shape index (κ2) is 5.93. The van der Waals surface area contributed by atoms with E-state index in [9.17, 15) is 0 Å². The summed E-state index contributed by atoms with van der Waals surface area (Å²) in [4.78, 5) is 2.39. The molecule has 1 aromatic rings. The Balaban J connectivity index is 2.67. The van der Waals surface area contributed by atoms with Gasteiger partial charge in [0.2, 0.25) is 0 Å². The van der Waals surface area contributed by atoms with Crippen LogP contribution in [0.3, 0.4) is 0 Å². The maximum Gasteiger partial charge on any atom is 0.118 e. The summed E-state index contributed by atoms with van der Waals surface area (Å²) in [6, 6.07) is 2.16. The van der Waals surface area contributed by atoms with E-state index < -0.39 is 0 Å². The van der Waals surface area contributed by atoms with E-state index in [0.29, 0.717) is 0 Å². The molecular weight excluding hydrogens is 188 g/mol. The quantitative estimate of drug-likeness (QED) is 0.780. The van der Waals surface area contributed by atoms with Crippen LogP contribution in [0.4, 0.5) is 0 Å². The highest BCUT2D eigenvalue weighted by molar-refractivity contribution is 5.20. The van der Waals surface area contributed by atoms with Crippen LogP contribution in [0, 0.1) is 6.92 Å². The molecule has 0 amide bonds. The van der Waals surface area contributed by atoms with Crippen molar-refractivity contribution in [3.8, 4) is 0 Å². The zero-order valence-electron chi connectivity index (χ0n) is 10.3. The molecule has 15 heavy (non-hydrogen) atoms. The Bertz CT molecular complexity index is 290. The first-order valence-electron chi connectivity index (χ1n) is 5.66. The first-order chi connectivity index (χ1) is 7.21. The lowest BCUT2D eigenvalue weighted by Gasteiger charge is -2.16. The molecule has 0 aliphatic heterocycles. The van der Waals surface area contributed by atoms with Crippen LogP contribution in [-0.4, -0.2) is 25.0 Å². The fraction of sp³-hybridized carbons (Fsp3) is 0.667. The van der Waals surface area contributed by atoms with Crippen molar-refractivity contribution >= 4 is 0 Å². The van der Waals surface area contributed by atoms with Gasteiger partial charge in [-0.15, -0.1) is 0 Å². The summed E-state index contributed by atoms with van der Waals surface area (Å²) in [6.45, 7) is 10.4. The Labute approximate surface area is 92.5 Å². The van der Waals surface area contributed by atoms with Crippen molar-refractivity contribution in [3.05, 3.63) is 23.2 Å². The molecule has 0 spiro atoms. The Morgan fingerprint density at radius 2 is 2.00 bits per heavy atom. The van der Waals surface area contributed by atoms with Crippen molar-refractivity contribution in [2.45, 2.75) is 33.9 Å². The Hall–Kier alpha value is -0.800. The summed E-state index contributed by atoms with van der Waals surface area (Å²) in [5, 5.41) is 3.10. The summed E-state index contributed by atoms with van der Waals surface area (Å²) in [5.74, 6) is 2.07. The molecule has 86 valence electrons. The Kier molecular flexibility index (Phi) is 4.85. The largest absolute Gasteiger partial charge is 0.465 e. The van der Waals surface area contributed by atoms with Gasteiger partial charge in [-0.1, -0.05) is 13.8 Å². The Morgan fingerprint density at radius 1 is 1.33 bits per heavy atom. The fourth-order valence-corrected chi connectivity index (χ4v) is 1.69. The van der Waals surface area contributed by atoms with Gasteiger partial charge in [-0.05, 0) is 33.1 Å². The van der Waals surface area contributed by atoms with Gasteiger partial charge in [0.05, 0.1) is 6.54 Å². The van der Waals surface area contributed by atoms with Crippen molar-refractivity contribution in [3.63, 3.8) is 0 Å². The first-order valence-corrected chi connectivity index (χ1v) is 5.66. The van der Waals surface area contributed by atoms with Gasteiger partial charge in [0.15, 0.2) is 0 Å². The minimum absolute atomic E-state index is 0.805. The van der Waals surface area contributed by atoms with Gasteiger partial charge < -0.3 is 9.73 Å². The lowest BCUT2D eigenvalue weighted by atomic mass is 10.2. The van der Waals surface area contributed by atoms with Gasteiger partial charge in [-0.25, -0.2) is 0 Å². The average Bonchev–Trinajstić information content (AvgIpc) is 2.56. The van der Waals surface area contributed by atoms with Gasteiger partial charge in [-0.2, -0.15) is 0 Å². The maximum atomic E-state index is 5.66. The number of nitrogens with zero attached hydrogens (tertiary/aromatic N) is 1. The molecular formula is C12H22N2O. The summed E-state index contributed by atoms with van der Waals surface area (Å²) in [6.07, 6.45) is 0.